The number of methoxy groups -OCH3 is 1. The Labute approximate surface area is 185 Å². The molecule has 0 aliphatic carbocycles. The molecular weight excluding hydrogens is 434 g/mol. The fraction of sp³-hybridized carbons (Fsp3) is 0.273. The van der Waals surface area contributed by atoms with Gasteiger partial charge in [0.05, 0.1) is 17.5 Å². The van der Waals surface area contributed by atoms with E-state index in [1.807, 2.05) is 24.3 Å². The molecule has 1 amide bonds. The number of fused-ring (bicyclic) bond motifs is 1. The molecule has 4 rings (SSSR count). The van der Waals surface area contributed by atoms with Crippen LogP contribution in [0.3, 0.4) is 0 Å². The van der Waals surface area contributed by atoms with E-state index in [1.165, 1.54) is 27.1 Å². The minimum Gasteiger partial charge on any atom is -0.497 e. The molecule has 168 valence electrons. The van der Waals surface area contributed by atoms with E-state index in [0.29, 0.717) is 5.52 Å². The molecule has 10 heteroatoms. The van der Waals surface area contributed by atoms with Crippen LogP contribution in [0.1, 0.15) is 5.56 Å². The lowest BCUT2D eigenvalue weighted by Crippen LogP contribution is -2.50. The van der Waals surface area contributed by atoms with Crippen molar-refractivity contribution in [1.82, 2.24) is 13.8 Å². The molecule has 0 saturated carbocycles. The third-order valence-electron chi connectivity index (χ3n) is 5.49. The molecule has 0 unspecified atom stereocenters. The molecule has 0 spiro atoms. The molecule has 1 aliphatic heterocycles. The molecule has 32 heavy (non-hydrogen) atoms. The number of rotatable bonds is 5. The van der Waals surface area contributed by atoms with E-state index in [2.05, 4.69) is 0 Å². The Morgan fingerprint density at radius 1 is 1.06 bits per heavy atom. The van der Waals surface area contributed by atoms with Gasteiger partial charge in [0.15, 0.2) is 5.58 Å². The fourth-order valence-corrected chi connectivity index (χ4v) is 5.00. The van der Waals surface area contributed by atoms with Gasteiger partial charge in [0.2, 0.25) is 15.9 Å². The van der Waals surface area contributed by atoms with Crippen molar-refractivity contribution in [1.29, 1.82) is 0 Å². The van der Waals surface area contributed by atoms with Crippen LogP contribution in [0.15, 0.2) is 62.6 Å². The number of hydrogen-bond acceptors (Lipinski definition) is 6. The summed E-state index contributed by atoms with van der Waals surface area (Å²) in [5.74, 6) is 0.00840. The predicted octanol–water partition coefficient (Wildman–Crippen LogP) is 1.69. The summed E-state index contributed by atoms with van der Waals surface area (Å²) in [6.07, 6.45) is 3.20. The number of amides is 1. The lowest BCUT2D eigenvalue weighted by atomic mass is 10.2. The molecule has 9 nitrogen and oxygen atoms in total. The second-order valence-electron chi connectivity index (χ2n) is 7.39. The number of piperazine rings is 1. The number of sulfonamides is 1. The smallest absolute Gasteiger partial charge is 0.419 e. The highest BCUT2D eigenvalue weighted by Crippen LogP contribution is 2.22. The van der Waals surface area contributed by atoms with Crippen LogP contribution in [-0.4, -0.2) is 61.4 Å². The molecular formula is C22H23N3O6S. The van der Waals surface area contributed by atoms with Crippen molar-refractivity contribution in [2.75, 3.05) is 33.3 Å². The van der Waals surface area contributed by atoms with Crippen LogP contribution in [0.2, 0.25) is 0 Å². The molecule has 0 bridgehead atoms. The highest BCUT2D eigenvalue weighted by atomic mass is 32.2. The lowest BCUT2D eigenvalue weighted by molar-refractivity contribution is -0.127. The standard InChI is InChI=1S/C22H23N3O6S/c1-23-19-9-8-18(15-20(19)31-22(23)27)32(28,29)25-13-11-24(12-14-25)21(26)10-5-16-3-6-17(30-2)7-4-16/h3-10,15H,11-14H2,1-2H3/b10-5+. The minimum atomic E-state index is -3.77. The monoisotopic (exact) mass is 457 g/mol. The van der Waals surface area contributed by atoms with Gasteiger partial charge in [-0.25, -0.2) is 13.2 Å². The van der Waals surface area contributed by atoms with E-state index >= 15 is 0 Å². The number of ether oxygens (including phenoxy) is 1. The zero-order valence-corrected chi connectivity index (χ0v) is 18.5. The van der Waals surface area contributed by atoms with Gasteiger partial charge in [0, 0.05) is 45.4 Å². The van der Waals surface area contributed by atoms with Crippen LogP contribution in [0.5, 0.6) is 5.75 Å². The van der Waals surface area contributed by atoms with E-state index < -0.39 is 15.8 Å². The van der Waals surface area contributed by atoms with Crippen LogP contribution in [0, 0.1) is 0 Å². The largest absolute Gasteiger partial charge is 0.497 e. The van der Waals surface area contributed by atoms with Crippen LogP contribution in [-0.2, 0) is 21.9 Å². The van der Waals surface area contributed by atoms with Crippen molar-refractivity contribution in [3.8, 4) is 5.75 Å². The average molecular weight is 458 g/mol. The van der Waals surface area contributed by atoms with Crippen LogP contribution >= 0.6 is 0 Å². The number of aryl methyl sites for hydroxylation is 1. The lowest BCUT2D eigenvalue weighted by Gasteiger charge is -2.33. The van der Waals surface area contributed by atoms with Crippen molar-refractivity contribution in [3.63, 3.8) is 0 Å². The molecule has 1 aromatic heterocycles. The highest BCUT2D eigenvalue weighted by molar-refractivity contribution is 7.89. The van der Waals surface area contributed by atoms with Crippen molar-refractivity contribution >= 4 is 33.1 Å². The normalized spacial score (nSPS) is 15.5. The maximum absolute atomic E-state index is 13.0. The number of benzene rings is 2. The number of oxazole rings is 1. The van der Waals surface area contributed by atoms with Crippen molar-refractivity contribution in [2.24, 2.45) is 7.05 Å². The summed E-state index contributed by atoms with van der Waals surface area (Å²) in [5.41, 5.74) is 1.60. The summed E-state index contributed by atoms with van der Waals surface area (Å²) in [4.78, 5) is 25.8. The average Bonchev–Trinajstić information content (AvgIpc) is 3.10. The first-order valence-electron chi connectivity index (χ1n) is 10.0. The number of nitrogens with zero attached hydrogens (tertiary/aromatic N) is 3. The number of carbonyl (C=O) groups is 1. The molecule has 3 aromatic rings. The molecule has 1 saturated heterocycles. The van der Waals surface area contributed by atoms with Gasteiger partial charge in [-0.3, -0.25) is 9.36 Å². The Morgan fingerprint density at radius 3 is 2.41 bits per heavy atom. The molecule has 1 aliphatic rings. The first-order valence-corrected chi connectivity index (χ1v) is 11.4. The molecule has 2 heterocycles. The number of carbonyl (C=O) groups excluding carboxylic acids is 1. The zero-order valence-electron chi connectivity index (χ0n) is 17.7. The van der Waals surface area contributed by atoms with Crippen LogP contribution in [0.4, 0.5) is 0 Å². The van der Waals surface area contributed by atoms with Gasteiger partial charge in [-0.2, -0.15) is 4.31 Å². The molecule has 2 aromatic carbocycles. The molecule has 0 radical (unpaired) electrons. The first-order chi connectivity index (χ1) is 15.3. The number of hydrogen-bond donors (Lipinski definition) is 0. The van der Waals surface area contributed by atoms with E-state index in [9.17, 15) is 18.0 Å². The quantitative estimate of drug-likeness (QED) is 0.541. The second kappa shape index (κ2) is 8.64. The van der Waals surface area contributed by atoms with E-state index in [-0.39, 0.29) is 42.6 Å². The SMILES string of the molecule is COc1ccc(/C=C/C(=O)N2CCN(S(=O)(=O)c3ccc4c(c3)oc(=O)n4C)CC2)cc1. The second-order valence-corrected chi connectivity index (χ2v) is 9.33. The summed E-state index contributed by atoms with van der Waals surface area (Å²) >= 11 is 0. The van der Waals surface area contributed by atoms with E-state index in [1.54, 1.807) is 31.2 Å². The van der Waals surface area contributed by atoms with Crippen LogP contribution in [0.25, 0.3) is 17.2 Å². The van der Waals surface area contributed by atoms with E-state index in [4.69, 9.17) is 9.15 Å². The Hall–Kier alpha value is -3.37. The van der Waals surface area contributed by atoms with Gasteiger partial charge >= 0.3 is 5.76 Å². The summed E-state index contributed by atoms with van der Waals surface area (Å²) in [5, 5.41) is 0. The minimum absolute atomic E-state index is 0.0542. The summed E-state index contributed by atoms with van der Waals surface area (Å²) in [6, 6.07) is 11.7. The van der Waals surface area contributed by atoms with Gasteiger partial charge in [0.1, 0.15) is 5.75 Å². The zero-order chi connectivity index (χ0) is 22.9. The topological polar surface area (TPSA) is 102 Å². The molecule has 0 atom stereocenters. The summed E-state index contributed by atoms with van der Waals surface area (Å²) in [7, 11) is -0.628. The van der Waals surface area contributed by atoms with Gasteiger partial charge in [-0.1, -0.05) is 12.1 Å². The third kappa shape index (κ3) is 4.19. The van der Waals surface area contributed by atoms with Gasteiger partial charge in [0.25, 0.3) is 0 Å². The first kappa shape index (κ1) is 21.8. The maximum atomic E-state index is 13.0. The fourth-order valence-electron chi connectivity index (χ4n) is 3.56. The van der Waals surface area contributed by atoms with Gasteiger partial charge in [-0.15, -0.1) is 0 Å². The van der Waals surface area contributed by atoms with Gasteiger partial charge in [-0.05, 0) is 35.9 Å². The third-order valence-corrected chi connectivity index (χ3v) is 7.38. The van der Waals surface area contributed by atoms with Crippen molar-refractivity contribution in [3.05, 3.63) is 64.7 Å². The van der Waals surface area contributed by atoms with Crippen molar-refractivity contribution < 1.29 is 22.4 Å². The summed E-state index contributed by atoms with van der Waals surface area (Å²) < 4.78 is 38.9. The Kier molecular flexibility index (Phi) is 5.90. The highest BCUT2D eigenvalue weighted by Gasteiger charge is 2.30. The van der Waals surface area contributed by atoms with E-state index in [0.717, 1.165) is 11.3 Å². The predicted molar refractivity (Wildman–Crippen MR) is 119 cm³/mol. The summed E-state index contributed by atoms with van der Waals surface area (Å²) in [6.45, 7) is 0.934. The Morgan fingerprint density at radius 2 is 1.75 bits per heavy atom. The molecule has 1 fully saturated rings. The van der Waals surface area contributed by atoms with Crippen LogP contribution < -0.4 is 10.5 Å². The van der Waals surface area contributed by atoms with Crippen molar-refractivity contribution in [2.45, 2.75) is 4.90 Å². The molecule has 0 N–H and O–H groups in total. The maximum Gasteiger partial charge on any atom is 0.419 e. The Balaban J connectivity index is 1.41. The van der Waals surface area contributed by atoms with Gasteiger partial charge < -0.3 is 14.1 Å². The number of aromatic nitrogens is 1. The Bertz CT molecular complexity index is 1330.